The van der Waals surface area contributed by atoms with Gasteiger partial charge in [0.15, 0.2) is 5.78 Å². The van der Waals surface area contributed by atoms with Crippen molar-refractivity contribution in [1.82, 2.24) is 0 Å². The van der Waals surface area contributed by atoms with Gasteiger partial charge in [0, 0.05) is 5.02 Å². The maximum atomic E-state index is 13.3. The molecule has 1 aromatic carbocycles. The van der Waals surface area contributed by atoms with Crippen LogP contribution in [-0.2, 0) is 4.79 Å². The fraction of sp³-hybridized carbons (Fsp3) is 0.273. The molecule has 0 fully saturated rings. The smallest absolute Gasteiger partial charge is 0.314 e. The molecule has 1 atom stereocenters. The molecule has 86 valence electrons. The van der Waals surface area contributed by atoms with Crippen LogP contribution in [0.4, 0.5) is 4.39 Å². The lowest BCUT2D eigenvalue weighted by Crippen LogP contribution is -2.24. The van der Waals surface area contributed by atoms with Gasteiger partial charge in [-0.3, -0.25) is 9.59 Å². The van der Waals surface area contributed by atoms with E-state index in [2.05, 4.69) is 0 Å². The second-order valence-corrected chi connectivity index (χ2v) is 3.72. The Balaban J connectivity index is 3.12. The highest BCUT2D eigenvalue weighted by atomic mass is 35.5. The van der Waals surface area contributed by atoms with E-state index in [-0.39, 0.29) is 17.0 Å². The van der Waals surface area contributed by atoms with E-state index in [0.717, 1.165) is 12.1 Å². The number of Topliss-reactive ketones (excluding diaryl/α,β-unsaturated/α-hetero) is 1. The highest BCUT2D eigenvalue weighted by Crippen LogP contribution is 2.19. The SMILES string of the molecule is CCC(C(=O)O)C(=O)c1cc(Cl)ccc1F. The molecule has 3 nitrogen and oxygen atoms in total. The highest BCUT2D eigenvalue weighted by Gasteiger charge is 2.27. The van der Waals surface area contributed by atoms with Gasteiger partial charge in [-0.2, -0.15) is 0 Å². The zero-order valence-corrected chi connectivity index (χ0v) is 9.29. The molecule has 5 heteroatoms. The predicted molar refractivity (Wildman–Crippen MR) is 57.2 cm³/mol. The van der Waals surface area contributed by atoms with Crippen molar-refractivity contribution in [1.29, 1.82) is 0 Å². The average Bonchev–Trinajstić information content (AvgIpc) is 2.22. The summed E-state index contributed by atoms with van der Waals surface area (Å²) >= 11 is 5.62. The van der Waals surface area contributed by atoms with Crippen LogP contribution in [-0.4, -0.2) is 16.9 Å². The van der Waals surface area contributed by atoms with Crippen molar-refractivity contribution in [2.24, 2.45) is 5.92 Å². The van der Waals surface area contributed by atoms with Gasteiger partial charge >= 0.3 is 5.97 Å². The van der Waals surface area contributed by atoms with Crippen molar-refractivity contribution >= 4 is 23.4 Å². The summed E-state index contributed by atoms with van der Waals surface area (Å²) in [5, 5.41) is 8.99. The van der Waals surface area contributed by atoms with E-state index in [4.69, 9.17) is 16.7 Å². The Labute approximate surface area is 96.8 Å². The van der Waals surface area contributed by atoms with Gasteiger partial charge in [-0.1, -0.05) is 18.5 Å². The van der Waals surface area contributed by atoms with Crippen LogP contribution in [0.3, 0.4) is 0 Å². The molecule has 0 radical (unpaired) electrons. The molecule has 0 aromatic heterocycles. The van der Waals surface area contributed by atoms with Crippen molar-refractivity contribution in [3.8, 4) is 0 Å². The lowest BCUT2D eigenvalue weighted by Gasteiger charge is -2.09. The van der Waals surface area contributed by atoms with Crippen LogP contribution in [0.15, 0.2) is 18.2 Å². The first-order valence-corrected chi connectivity index (χ1v) is 5.07. The molecule has 16 heavy (non-hydrogen) atoms. The number of carbonyl (C=O) groups excluding carboxylic acids is 1. The zero-order valence-electron chi connectivity index (χ0n) is 8.54. The lowest BCUT2D eigenvalue weighted by atomic mass is 9.95. The number of ketones is 1. The van der Waals surface area contributed by atoms with E-state index >= 15 is 0 Å². The van der Waals surface area contributed by atoms with Crippen molar-refractivity contribution in [2.75, 3.05) is 0 Å². The minimum atomic E-state index is -1.26. The summed E-state index contributed by atoms with van der Waals surface area (Å²) < 4.78 is 13.3. The number of hydrogen-bond acceptors (Lipinski definition) is 2. The van der Waals surface area contributed by atoms with Gasteiger partial charge in [0.2, 0.25) is 0 Å². The Morgan fingerprint density at radius 1 is 1.50 bits per heavy atom. The highest BCUT2D eigenvalue weighted by molar-refractivity contribution is 6.31. The Hall–Kier alpha value is -1.42. The average molecular weight is 245 g/mol. The van der Waals surface area contributed by atoms with E-state index in [1.165, 1.54) is 6.07 Å². The molecule has 0 aliphatic heterocycles. The van der Waals surface area contributed by atoms with Crippen molar-refractivity contribution in [3.63, 3.8) is 0 Å². The van der Waals surface area contributed by atoms with Crippen LogP contribution in [0.1, 0.15) is 23.7 Å². The molecule has 0 aliphatic rings. The molecule has 0 bridgehead atoms. The molecule has 0 saturated heterocycles. The number of carbonyl (C=O) groups is 2. The fourth-order valence-corrected chi connectivity index (χ4v) is 1.52. The lowest BCUT2D eigenvalue weighted by molar-refractivity contribution is -0.140. The summed E-state index contributed by atoms with van der Waals surface area (Å²) in [4.78, 5) is 22.5. The van der Waals surface area contributed by atoms with Crippen LogP contribution in [0, 0.1) is 11.7 Å². The first kappa shape index (κ1) is 12.6. The van der Waals surface area contributed by atoms with Crippen molar-refractivity contribution in [2.45, 2.75) is 13.3 Å². The van der Waals surface area contributed by atoms with Gasteiger partial charge in [0.25, 0.3) is 0 Å². The number of hydrogen-bond donors (Lipinski definition) is 1. The second kappa shape index (κ2) is 5.07. The molecule has 1 N–H and O–H groups in total. The number of carboxylic acid groups (broad SMARTS) is 1. The van der Waals surface area contributed by atoms with Gasteiger partial charge in [-0.25, -0.2) is 4.39 Å². The molecule has 0 aliphatic carbocycles. The van der Waals surface area contributed by atoms with Gasteiger partial charge in [0.05, 0.1) is 5.56 Å². The third kappa shape index (κ3) is 2.58. The number of benzene rings is 1. The Morgan fingerprint density at radius 3 is 2.62 bits per heavy atom. The first-order valence-electron chi connectivity index (χ1n) is 4.69. The molecule has 0 amide bonds. The second-order valence-electron chi connectivity index (χ2n) is 3.29. The topological polar surface area (TPSA) is 54.4 Å². The van der Waals surface area contributed by atoms with E-state index in [0.29, 0.717) is 0 Å². The molecule has 1 aromatic rings. The summed E-state index contributed by atoms with van der Waals surface area (Å²) in [6.07, 6.45) is 0.111. The van der Waals surface area contributed by atoms with Crippen LogP contribution in [0.2, 0.25) is 5.02 Å². The summed E-state index contributed by atoms with van der Waals surface area (Å²) in [6, 6.07) is 3.49. The largest absolute Gasteiger partial charge is 0.481 e. The molecule has 0 saturated carbocycles. The Bertz CT molecular complexity index is 431. The quantitative estimate of drug-likeness (QED) is 0.655. The monoisotopic (exact) mass is 244 g/mol. The van der Waals surface area contributed by atoms with Crippen molar-refractivity contribution in [3.05, 3.63) is 34.6 Å². The third-order valence-corrected chi connectivity index (χ3v) is 2.45. The van der Waals surface area contributed by atoms with Gasteiger partial charge in [0.1, 0.15) is 11.7 Å². The molecule has 0 heterocycles. The molecular weight excluding hydrogens is 235 g/mol. The number of halogens is 2. The van der Waals surface area contributed by atoms with Crippen LogP contribution < -0.4 is 0 Å². The van der Waals surface area contributed by atoms with E-state index in [9.17, 15) is 14.0 Å². The van der Waals surface area contributed by atoms with E-state index in [1.54, 1.807) is 6.92 Å². The van der Waals surface area contributed by atoms with E-state index < -0.39 is 23.5 Å². The fourth-order valence-electron chi connectivity index (χ4n) is 1.35. The van der Waals surface area contributed by atoms with Crippen LogP contribution in [0.5, 0.6) is 0 Å². The minimum absolute atomic E-state index is 0.111. The number of carboxylic acids is 1. The first-order chi connectivity index (χ1) is 7.47. The van der Waals surface area contributed by atoms with Crippen molar-refractivity contribution < 1.29 is 19.1 Å². The predicted octanol–water partition coefficient (Wildman–Crippen LogP) is 2.77. The summed E-state index contributed by atoms with van der Waals surface area (Å²) in [5.41, 5.74) is -0.276. The summed E-state index contributed by atoms with van der Waals surface area (Å²) in [7, 11) is 0. The van der Waals surface area contributed by atoms with Gasteiger partial charge in [-0.05, 0) is 24.6 Å². The summed E-state index contributed by atoms with van der Waals surface area (Å²) in [6.45, 7) is 1.55. The number of rotatable bonds is 4. The summed E-state index contributed by atoms with van der Waals surface area (Å²) in [5.74, 6) is -4.00. The minimum Gasteiger partial charge on any atom is -0.481 e. The van der Waals surface area contributed by atoms with E-state index in [1.807, 2.05) is 0 Å². The molecule has 1 rings (SSSR count). The van der Waals surface area contributed by atoms with Gasteiger partial charge in [-0.15, -0.1) is 0 Å². The maximum Gasteiger partial charge on any atom is 0.314 e. The zero-order chi connectivity index (χ0) is 12.3. The molecular formula is C11H10ClFO3. The Kier molecular flexibility index (Phi) is 4.01. The third-order valence-electron chi connectivity index (χ3n) is 2.22. The normalized spacial score (nSPS) is 12.2. The standard InChI is InChI=1S/C11H10ClFO3/c1-2-7(11(15)16)10(14)8-5-6(12)3-4-9(8)13/h3-5,7H,2H2,1H3,(H,15,16). The van der Waals surface area contributed by atoms with Crippen LogP contribution in [0.25, 0.3) is 0 Å². The molecule has 0 spiro atoms. The van der Waals surface area contributed by atoms with Crippen LogP contribution >= 0.6 is 11.6 Å². The Morgan fingerprint density at radius 2 is 2.12 bits per heavy atom. The number of aliphatic carboxylic acids is 1. The molecule has 1 unspecified atom stereocenters. The van der Waals surface area contributed by atoms with Gasteiger partial charge < -0.3 is 5.11 Å². The maximum absolute atomic E-state index is 13.3.